The fourth-order valence-corrected chi connectivity index (χ4v) is 4.78. The van der Waals surface area contributed by atoms with Crippen LogP contribution in [0.5, 0.6) is 11.5 Å². The van der Waals surface area contributed by atoms with E-state index < -0.39 is 0 Å². The first-order valence-electron chi connectivity index (χ1n) is 11.1. The number of halogens is 3. The molecule has 0 bridgehead atoms. The molecular formula is C26H27BrClFN2O2. The SMILES string of the molecule is COc1ccc(Br)c(CNc2ccc(N3CCCCC3)c(Cl)c2)c1OCc1ccccc1F. The van der Waals surface area contributed by atoms with E-state index in [1.54, 1.807) is 25.3 Å². The average molecular weight is 534 g/mol. The third-order valence-corrected chi connectivity index (χ3v) is 6.88. The first kappa shape index (κ1) is 23.7. The zero-order valence-corrected chi connectivity index (χ0v) is 20.9. The Morgan fingerprint density at radius 1 is 1.06 bits per heavy atom. The Kier molecular flexibility index (Phi) is 7.99. The smallest absolute Gasteiger partial charge is 0.167 e. The van der Waals surface area contributed by atoms with E-state index in [4.69, 9.17) is 21.1 Å². The van der Waals surface area contributed by atoms with Gasteiger partial charge in [-0.05, 0) is 55.7 Å². The van der Waals surface area contributed by atoms with Crippen LogP contribution >= 0.6 is 27.5 Å². The number of nitrogens with zero attached hydrogens (tertiary/aromatic N) is 1. The Morgan fingerprint density at radius 3 is 2.58 bits per heavy atom. The van der Waals surface area contributed by atoms with Crippen molar-refractivity contribution < 1.29 is 13.9 Å². The summed E-state index contributed by atoms with van der Waals surface area (Å²) in [7, 11) is 1.59. The number of rotatable bonds is 8. The van der Waals surface area contributed by atoms with Crippen LogP contribution in [-0.4, -0.2) is 20.2 Å². The molecule has 0 radical (unpaired) electrons. The van der Waals surface area contributed by atoms with Crippen LogP contribution in [0.15, 0.2) is 59.1 Å². The second kappa shape index (κ2) is 11.1. The molecule has 0 spiro atoms. The number of methoxy groups -OCH3 is 1. The van der Waals surface area contributed by atoms with Gasteiger partial charge in [0, 0.05) is 40.9 Å². The van der Waals surface area contributed by atoms with Crippen LogP contribution in [0, 0.1) is 5.82 Å². The lowest BCUT2D eigenvalue weighted by Gasteiger charge is -2.29. The Balaban J connectivity index is 1.51. The third kappa shape index (κ3) is 5.74. The fourth-order valence-electron chi connectivity index (χ4n) is 4.03. The lowest BCUT2D eigenvalue weighted by atomic mass is 10.1. The number of hydrogen-bond donors (Lipinski definition) is 1. The highest BCUT2D eigenvalue weighted by atomic mass is 79.9. The van der Waals surface area contributed by atoms with Crippen molar-refractivity contribution in [2.75, 3.05) is 30.4 Å². The summed E-state index contributed by atoms with van der Waals surface area (Å²) in [6, 6.07) is 16.4. The maximum absolute atomic E-state index is 14.1. The van der Waals surface area contributed by atoms with Gasteiger partial charge in [-0.25, -0.2) is 4.39 Å². The Labute approximate surface area is 207 Å². The zero-order valence-electron chi connectivity index (χ0n) is 18.5. The lowest BCUT2D eigenvalue weighted by molar-refractivity contribution is 0.276. The highest BCUT2D eigenvalue weighted by Crippen LogP contribution is 2.38. The summed E-state index contributed by atoms with van der Waals surface area (Å²) in [5, 5.41) is 4.17. The van der Waals surface area contributed by atoms with E-state index in [0.717, 1.165) is 39.5 Å². The summed E-state index contributed by atoms with van der Waals surface area (Å²) < 4.78 is 26.5. The third-order valence-electron chi connectivity index (χ3n) is 5.83. The highest BCUT2D eigenvalue weighted by molar-refractivity contribution is 9.10. The molecule has 3 aromatic rings. The number of hydrogen-bond acceptors (Lipinski definition) is 4. The Bertz CT molecular complexity index is 1110. The van der Waals surface area contributed by atoms with Gasteiger partial charge in [-0.1, -0.05) is 45.7 Å². The molecule has 1 heterocycles. The van der Waals surface area contributed by atoms with Crippen LogP contribution in [0.25, 0.3) is 0 Å². The average Bonchev–Trinajstić information content (AvgIpc) is 2.83. The lowest BCUT2D eigenvalue weighted by Crippen LogP contribution is -2.29. The first-order chi connectivity index (χ1) is 16.1. The minimum atomic E-state index is -0.297. The Morgan fingerprint density at radius 2 is 1.85 bits per heavy atom. The molecule has 4 rings (SSSR count). The van der Waals surface area contributed by atoms with Crippen LogP contribution in [0.3, 0.4) is 0 Å². The molecule has 1 N–H and O–H groups in total. The highest BCUT2D eigenvalue weighted by Gasteiger charge is 2.17. The molecule has 0 saturated carbocycles. The maximum Gasteiger partial charge on any atom is 0.167 e. The van der Waals surface area contributed by atoms with Gasteiger partial charge in [0.25, 0.3) is 0 Å². The standard InChI is InChI=1S/C26H27BrClFN2O2/c1-32-25-12-10-21(27)20(26(25)33-17-18-7-3-4-8-23(18)29)16-30-19-9-11-24(22(28)15-19)31-13-5-2-6-14-31/h3-4,7-12,15,30H,2,5-6,13-14,16-17H2,1H3. The van der Waals surface area contributed by atoms with Crippen LogP contribution in [-0.2, 0) is 13.2 Å². The molecule has 174 valence electrons. The zero-order chi connectivity index (χ0) is 23.2. The van der Waals surface area contributed by atoms with Crippen molar-refractivity contribution in [3.8, 4) is 11.5 Å². The summed E-state index contributed by atoms with van der Waals surface area (Å²) in [4.78, 5) is 2.35. The quantitative estimate of drug-likeness (QED) is 0.326. The molecule has 0 atom stereocenters. The molecule has 0 aliphatic carbocycles. The molecule has 1 saturated heterocycles. The van der Waals surface area contributed by atoms with Gasteiger partial charge in [-0.2, -0.15) is 0 Å². The van der Waals surface area contributed by atoms with E-state index in [2.05, 4.69) is 32.2 Å². The van der Waals surface area contributed by atoms with Crippen molar-refractivity contribution in [2.24, 2.45) is 0 Å². The molecule has 1 fully saturated rings. The van der Waals surface area contributed by atoms with Gasteiger partial charge >= 0.3 is 0 Å². The molecule has 33 heavy (non-hydrogen) atoms. The van der Waals surface area contributed by atoms with E-state index in [1.165, 1.54) is 25.3 Å². The molecule has 1 aliphatic heterocycles. The van der Waals surface area contributed by atoms with Crippen LogP contribution in [0.2, 0.25) is 5.02 Å². The number of piperidine rings is 1. The van der Waals surface area contributed by atoms with E-state index in [1.807, 2.05) is 24.3 Å². The molecule has 1 aliphatic rings. The molecule has 0 unspecified atom stereocenters. The molecule has 0 amide bonds. The molecule has 4 nitrogen and oxygen atoms in total. The van der Waals surface area contributed by atoms with Gasteiger partial charge in [-0.15, -0.1) is 0 Å². The summed E-state index contributed by atoms with van der Waals surface area (Å²) in [6.45, 7) is 2.67. The van der Waals surface area contributed by atoms with Gasteiger partial charge in [0.05, 0.1) is 17.8 Å². The van der Waals surface area contributed by atoms with Gasteiger partial charge in [-0.3, -0.25) is 0 Å². The van der Waals surface area contributed by atoms with Gasteiger partial charge in [0.15, 0.2) is 11.5 Å². The molecule has 0 aromatic heterocycles. The van der Waals surface area contributed by atoms with Crippen LogP contribution < -0.4 is 19.7 Å². The van der Waals surface area contributed by atoms with Gasteiger partial charge in [0.1, 0.15) is 12.4 Å². The van der Waals surface area contributed by atoms with Gasteiger partial charge in [0.2, 0.25) is 0 Å². The van der Waals surface area contributed by atoms with Crippen molar-refractivity contribution in [3.63, 3.8) is 0 Å². The molecule has 7 heteroatoms. The molecule has 3 aromatic carbocycles. The van der Waals surface area contributed by atoms with Crippen molar-refractivity contribution in [2.45, 2.75) is 32.4 Å². The minimum absolute atomic E-state index is 0.100. The summed E-state index contributed by atoms with van der Waals surface area (Å²) in [6.07, 6.45) is 3.69. The predicted octanol–water partition coefficient (Wildman–Crippen LogP) is 7.43. The van der Waals surface area contributed by atoms with Crippen molar-refractivity contribution >= 4 is 38.9 Å². The van der Waals surface area contributed by atoms with E-state index in [0.29, 0.717) is 23.6 Å². The Hall–Kier alpha value is -2.44. The van der Waals surface area contributed by atoms with Crippen molar-refractivity contribution in [1.82, 2.24) is 0 Å². The van der Waals surface area contributed by atoms with E-state index >= 15 is 0 Å². The van der Waals surface area contributed by atoms with Crippen molar-refractivity contribution in [3.05, 3.63) is 81.0 Å². The first-order valence-corrected chi connectivity index (χ1v) is 12.2. The van der Waals surface area contributed by atoms with Crippen molar-refractivity contribution in [1.29, 1.82) is 0 Å². The topological polar surface area (TPSA) is 33.7 Å². The summed E-state index contributed by atoms with van der Waals surface area (Å²) in [5.74, 6) is 0.859. The number of ether oxygens (including phenoxy) is 2. The summed E-state index contributed by atoms with van der Waals surface area (Å²) in [5.41, 5.74) is 3.36. The van der Waals surface area contributed by atoms with E-state index in [9.17, 15) is 4.39 Å². The van der Waals surface area contributed by atoms with E-state index in [-0.39, 0.29) is 12.4 Å². The number of anilines is 2. The monoisotopic (exact) mass is 532 g/mol. The second-order valence-corrected chi connectivity index (χ2v) is 9.27. The minimum Gasteiger partial charge on any atom is -0.493 e. The molecular weight excluding hydrogens is 507 g/mol. The largest absolute Gasteiger partial charge is 0.493 e. The number of benzene rings is 3. The normalized spacial score (nSPS) is 13.6. The summed E-state index contributed by atoms with van der Waals surface area (Å²) >= 11 is 10.2. The van der Waals surface area contributed by atoms with Crippen LogP contribution in [0.1, 0.15) is 30.4 Å². The second-order valence-electron chi connectivity index (χ2n) is 8.00. The predicted molar refractivity (Wildman–Crippen MR) is 136 cm³/mol. The van der Waals surface area contributed by atoms with Crippen LogP contribution in [0.4, 0.5) is 15.8 Å². The fraction of sp³-hybridized carbons (Fsp3) is 0.308. The maximum atomic E-state index is 14.1. The number of nitrogens with one attached hydrogen (secondary N) is 1. The van der Waals surface area contributed by atoms with Gasteiger partial charge < -0.3 is 19.7 Å².